The van der Waals surface area contributed by atoms with Gasteiger partial charge in [-0.2, -0.15) is 0 Å². The highest BCUT2D eigenvalue weighted by Gasteiger charge is 2.22. The van der Waals surface area contributed by atoms with Crippen LogP contribution in [0.1, 0.15) is 56.0 Å². The molecule has 0 saturated carbocycles. The van der Waals surface area contributed by atoms with Gasteiger partial charge in [0.1, 0.15) is 11.4 Å². The first-order valence-corrected chi connectivity index (χ1v) is 12.0. The Balaban J connectivity index is 1.58. The number of rotatable bonds is 9. The molecule has 9 heteroatoms. The number of ketones is 1. The number of imidazole rings is 1. The molecule has 1 aromatic heterocycles. The van der Waals surface area contributed by atoms with E-state index in [-0.39, 0.29) is 17.2 Å². The summed E-state index contributed by atoms with van der Waals surface area (Å²) in [6.45, 7) is 6.27. The summed E-state index contributed by atoms with van der Waals surface area (Å²) in [6.07, 6.45) is 1.64. The normalized spacial score (nSPS) is 11.6. The van der Waals surface area contributed by atoms with E-state index < -0.39 is 11.7 Å². The number of hydrogen-bond donors (Lipinski definition) is 2. The van der Waals surface area contributed by atoms with Crippen molar-refractivity contribution in [3.63, 3.8) is 0 Å². The number of phenolic OH excluding ortho intramolecular Hbond substituents is 1. The molecule has 0 spiro atoms. The van der Waals surface area contributed by atoms with E-state index in [1.54, 1.807) is 42.3 Å². The third-order valence-corrected chi connectivity index (χ3v) is 6.00. The van der Waals surface area contributed by atoms with E-state index in [9.17, 15) is 19.5 Å². The molecule has 2 N–H and O–H groups in total. The van der Waals surface area contributed by atoms with Crippen LogP contribution in [-0.4, -0.2) is 50.1 Å². The van der Waals surface area contributed by atoms with Crippen molar-refractivity contribution in [1.82, 2.24) is 14.5 Å². The minimum Gasteiger partial charge on any atom is -0.508 e. The summed E-state index contributed by atoms with van der Waals surface area (Å²) in [7, 11) is 1.66. The van der Waals surface area contributed by atoms with Gasteiger partial charge in [-0.15, -0.1) is 0 Å². The second-order valence-corrected chi connectivity index (χ2v) is 10.0. The van der Waals surface area contributed by atoms with Crippen molar-refractivity contribution < 1.29 is 19.4 Å². The molecule has 0 atom stereocenters. The van der Waals surface area contributed by atoms with E-state index in [0.29, 0.717) is 60.4 Å². The maximum absolute atomic E-state index is 12.8. The van der Waals surface area contributed by atoms with Gasteiger partial charge in [0, 0.05) is 37.1 Å². The van der Waals surface area contributed by atoms with Gasteiger partial charge in [-0.1, -0.05) is 17.7 Å². The number of carbonyl (C=O) groups is 2. The number of H-pyrrole nitrogens is 1. The third-order valence-electron chi connectivity index (χ3n) is 5.65. The number of aromatic nitrogens is 2. The first-order valence-electron chi connectivity index (χ1n) is 11.6. The Labute approximate surface area is 209 Å². The van der Waals surface area contributed by atoms with Crippen LogP contribution in [0.3, 0.4) is 0 Å². The van der Waals surface area contributed by atoms with Gasteiger partial charge in [-0.05, 0) is 75.9 Å². The highest BCUT2D eigenvalue weighted by molar-refractivity contribution is 6.31. The molecule has 3 aromatic rings. The van der Waals surface area contributed by atoms with Gasteiger partial charge in [0.05, 0.1) is 11.0 Å². The number of nitrogens with one attached hydrogen (secondary N) is 1. The van der Waals surface area contributed by atoms with Crippen LogP contribution in [0.2, 0.25) is 5.02 Å². The number of ether oxygens (including phenoxy) is 1. The Hall–Kier alpha value is -3.26. The van der Waals surface area contributed by atoms with Gasteiger partial charge in [-0.25, -0.2) is 9.59 Å². The smallest absolute Gasteiger partial charge is 0.410 e. The molecule has 0 unspecified atom stereocenters. The van der Waals surface area contributed by atoms with Gasteiger partial charge in [0.25, 0.3) is 0 Å². The summed E-state index contributed by atoms with van der Waals surface area (Å²) in [5.41, 5.74) is 1.90. The molecule has 0 aliphatic rings. The number of unbranched alkanes of at least 4 members (excludes halogenated alkanes) is 1. The lowest BCUT2D eigenvalue weighted by atomic mass is 10.0. The van der Waals surface area contributed by atoms with Crippen molar-refractivity contribution in [1.29, 1.82) is 0 Å². The number of carbonyl (C=O) groups excluding carboxylic acids is 2. The zero-order chi connectivity index (χ0) is 25.8. The van der Waals surface area contributed by atoms with Crippen LogP contribution in [0, 0.1) is 0 Å². The van der Waals surface area contributed by atoms with Crippen LogP contribution in [0.15, 0.2) is 41.2 Å². The molecule has 0 bridgehead atoms. The largest absolute Gasteiger partial charge is 0.508 e. The highest BCUT2D eigenvalue weighted by atomic mass is 35.5. The summed E-state index contributed by atoms with van der Waals surface area (Å²) in [6, 6.07) is 9.96. The van der Waals surface area contributed by atoms with Gasteiger partial charge >= 0.3 is 11.8 Å². The Morgan fingerprint density at radius 3 is 2.54 bits per heavy atom. The van der Waals surface area contributed by atoms with Crippen molar-refractivity contribution in [2.24, 2.45) is 7.05 Å². The molecule has 8 nitrogen and oxygen atoms in total. The number of fused-ring (bicyclic) bond motifs is 1. The molecule has 1 amide bonds. The summed E-state index contributed by atoms with van der Waals surface area (Å²) >= 11 is 6.21. The Kier molecular flexibility index (Phi) is 8.27. The molecule has 188 valence electrons. The highest BCUT2D eigenvalue weighted by Crippen LogP contribution is 2.23. The molecule has 0 saturated heterocycles. The molecule has 0 fully saturated rings. The average Bonchev–Trinajstić information content (AvgIpc) is 3.06. The lowest BCUT2D eigenvalue weighted by molar-refractivity contribution is 0.0249. The van der Waals surface area contributed by atoms with Crippen LogP contribution in [0.25, 0.3) is 11.0 Å². The lowest BCUT2D eigenvalue weighted by Crippen LogP contribution is -2.38. The number of aromatic hydroxyl groups is 1. The summed E-state index contributed by atoms with van der Waals surface area (Å²) < 4.78 is 7.03. The number of nitrogens with zero attached hydrogens (tertiary/aromatic N) is 2. The monoisotopic (exact) mass is 501 g/mol. The van der Waals surface area contributed by atoms with Crippen LogP contribution in [0.4, 0.5) is 4.79 Å². The predicted octanol–water partition coefficient (Wildman–Crippen LogP) is 5.06. The molecule has 3 rings (SSSR count). The Bertz CT molecular complexity index is 1270. The fraction of sp³-hybridized carbons (Fsp3) is 0.423. The summed E-state index contributed by atoms with van der Waals surface area (Å²) in [5, 5.41) is 10.00. The molecule has 0 radical (unpaired) electrons. The maximum atomic E-state index is 12.8. The molecule has 0 aliphatic carbocycles. The van der Waals surface area contributed by atoms with Gasteiger partial charge in [0.2, 0.25) is 0 Å². The first kappa shape index (κ1) is 26.3. The Morgan fingerprint density at radius 2 is 1.86 bits per heavy atom. The van der Waals surface area contributed by atoms with Crippen LogP contribution < -0.4 is 5.69 Å². The second-order valence-electron chi connectivity index (χ2n) is 9.59. The molecular formula is C26H32ClN3O5. The first-order chi connectivity index (χ1) is 16.4. The number of phenols is 1. The maximum Gasteiger partial charge on any atom is 0.410 e. The third kappa shape index (κ3) is 7.11. The minimum atomic E-state index is -0.627. The predicted molar refractivity (Wildman–Crippen MR) is 136 cm³/mol. The molecule has 2 aromatic carbocycles. The van der Waals surface area contributed by atoms with E-state index in [4.69, 9.17) is 16.3 Å². The van der Waals surface area contributed by atoms with E-state index >= 15 is 0 Å². The van der Waals surface area contributed by atoms with Gasteiger partial charge in [-0.3, -0.25) is 9.36 Å². The van der Waals surface area contributed by atoms with E-state index in [2.05, 4.69) is 4.98 Å². The minimum absolute atomic E-state index is 0.0137. The van der Waals surface area contributed by atoms with Gasteiger partial charge < -0.3 is 19.7 Å². The van der Waals surface area contributed by atoms with Crippen molar-refractivity contribution in [2.75, 3.05) is 13.1 Å². The lowest BCUT2D eigenvalue weighted by Gasteiger charge is -2.27. The van der Waals surface area contributed by atoms with Gasteiger partial charge in [0.15, 0.2) is 5.78 Å². The molecule has 35 heavy (non-hydrogen) atoms. The number of aromatic amines is 1. The summed E-state index contributed by atoms with van der Waals surface area (Å²) in [4.78, 5) is 41.6. The van der Waals surface area contributed by atoms with Crippen molar-refractivity contribution in [2.45, 2.75) is 52.1 Å². The summed E-state index contributed by atoms with van der Waals surface area (Å²) in [5.74, 6) is 0.0746. The van der Waals surface area contributed by atoms with Crippen molar-refractivity contribution in [3.05, 3.63) is 63.0 Å². The number of Topliss-reactive ketones (excluding diaryl/α,β-unsaturated/α-hetero) is 1. The topological polar surface area (TPSA) is 105 Å². The number of halogens is 1. The van der Waals surface area contributed by atoms with Crippen molar-refractivity contribution >= 4 is 34.5 Å². The van der Waals surface area contributed by atoms with Crippen LogP contribution in [0.5, 0.6) is 5.75 Å². The van der Waals surface area contributed by atoms with E-state index in [1.165, 1.54) is 10.6 Å². The second kappa shape index (κ2) is 11.0. The van der Waals surface area contributed by atoms with Crippen LogP contribution in [-0.2, 0) is 18.2 Å². The SMILES string of the molecule is Cn1c(=O)[nH]c2ccc(C(=O)CCCCN(CCc3ccc(O)cc3Cl)C(=O)OC(C)(C)C)cc21. The fourth-order valence-electron chi connectivity index (χ4n) is 3.74. The zero-order valence-electron chi connectivity index (χ0n) is 20.6. The number of hydrogen-bond acceptors (Lipinski definition) is 5. The van der Waals surface area contributed by atoms with E-state index in [1.807, 2.05) is 20.8 Å². The number of benzene rings is 2. The van der Waals surface area contributed by atoms with Crippen molar-refractivity contribution in [3.8, 4) is 5.75 Å². The molecule has 0 aliphatic heterocycles. The zero-order valence-corrected chi connectivity index (χ0v) is 21.3. The fourth-order valence-corrected chi connectivity index (χ4v) is 4.01. The molecular weight excluding hydrogens is 470 g/mol. The quantitative estimate of drug-likeness (QED) is 0.315. The standard InChI is InChI=1S/C26H32ClN3O5/c1-26(2,3)35-25(34)30(14-12-17-8-10-19(31)16-20(17)27)13-6-5-7-23(32)18-9-11-21-22(15-18)29(4)24(33)28-21/h8-11,15-16,31H,5-7,12-14H2,1-4H3,(H,28,33). The number of amides is 1. The number of aryl methyl sites for hydroxylation is 1. The molecule has 1 heterocycles. The van der Waals surface area contributed by atoms with Crippen LogP contribution >= 0.6 is 11.6 Å². The van der Waals surface area contributed by atoms with E-state index in [0.717, 1.165) is 5.56 Å². The average molecular weight is 502 g/mol. The Morgan fingerprint density at radius 1 is 1.11 bits per heavy atom.